The maximum atomic E-state index is 6.15. The molecule has 3 heteroatoms. The summed E-state index contributed by atoms with van der Waals surface area (Å²) in [4.78, 5) is 0. The lowest BCUT2D eigenvalue weighted by atomic mass is 9.72. The van der Waals surface area contributed by atoms with Crippen LogP contribution in [-0.4, -0.2) is 18.2 Å². The third kappa shape index (κ3) is 1.76. The van der Waals surface area contributed by atoms with Gasteiger partial charge in [0.1, 0.15) is 0 Å². The van der Waals surface area contributed by atoms with Crippen LogP contribution in [0.2, 0.25) is 0 Å². The zero-order chi connectivity index (χ0) is 7.73. The van der Waals surface area contributed by atoms with E-state index >= 15 is 0 Å². The lowest BCUT2D eigenvalue weighted by Crippen LogP contribution is -2.57. The lowest BCUT2D eigenvalue weighted by molar-refractivity contribution is -0.0576. The Morgan fingerprint density at radius 1 is 1.17 bits per heavy atom. The average Bonchev–Trinajstić information content (AvgIpc) is 2.02. The molecule has 0 radical (unpaired) electrons. The number of ether oxygens (including phenoxy) is 1. The van der Waals surface area contributed by atoms with Crippen LogP contribution in [0, 0.1) is 0 Å². The van der Waals surface area contributed by atoms with Crippen molar-refractivity contribution in [1.82, 2.24) is 0 Å². The van der Waals surface area contributed by atoms with Crippen LogP contribution in [0.4, 0.5) is 0 Å². The van der Waals surface area contributed by atoms with Crippen molar-refractivity contribution in [2.45, 2.75) is 50.2 Å². The number of hydrogen-bond acceptors (Lipinski definition) is 2. The Bertz CT molecular complexity index is 141. The Kier molecular flexibility index (Phi) is 3.38. The van der Waals surface area contributed by atoms with E-state index in [4.69, 9.17) is 10.5 Å². The highest BCUT2D eigenvalue weighted by atomic mass is 35.5. The highest BCUT2D eigenvalue weighted by Crippen LogP contribution is 2.37. The van der Waals surface area contributed by atoms with Gasteiger partial charge in [0.2, 0.25) is 0 Å². The minimum atomic E-state index is 0. The second-order valence-electron chi connectivity index (χ2n) is 3.94. The molecular weight excluding hydrogens is 174 g/mol. The average molecular weight is 192 g/mol. The van der Waals surface area contributed by atoms with Crippen LogP contribution in [0.1, 0.15) is 38.5 Å². The van der Waals surface area contributed by atoms with Crippen LogP contribution in [0.3, 0.4) is 0 Å². The van der Waals surface area contributed by atoms with E-state index in [0.717, 1.165) is 6.61 Å². The monoisotopic (exact) mass is 191 g/mol. The molecule has 0 bridgehead atoms. The first-order valence-electron chi connectivity index (χ1n) is 4.72. The molecule has 0 aromatic carbocycles. The molecule has 1 heterocycles. The summed E-state index contributed by atoms with van der Waals surface area (Å²) in [6.07, 6.45) is 7.77. The SMILES string of the molecule is Cl.NC1(C2CCCCO2)CCC1. The number of rotatable bonds is 1. The molecule has 12 heavy (non-hydrogen) atoms. The molecule has 1 saturated carbocycles. The van der Waals surface area contributed by atoms with Gasteiger partial charge in [0.25, 0.3) is 0 Å². The van der Waals surface area contributed by atoms with Crippen molar-refractivity contribution >= 4 is 12.4 Å². The molecule has 1 aliphatic carbocycles. The molecule has 0 amide bonds. The predicted octanol–water partition coefficient (Wildman–Crippen LogP) is 1.86. The summed E-state index contributed by atoms with van der Waals surface area (Å²) in [6.45, 7) is 0.934. The Hall–Kier alpha value is 0.210. The molecule has 2 N–H and O–H groups in total. The zero-order valence-electron chi connectivity index (χ0n) is 7.42. The number of nitrogens with two attached hydrogens (primary N) is 1. The van der Waals surface area contributed by atoms with Crippen molar-refractivity contribution < 1.29 is 4.74 Å². The summed E-state index contributed by atoms with van der Waals surface area (Å²) in [5.74, 6) is 0. The molecule has 2 nitrogen and oxygen atoms in total. The molecule has 0 aromatic rings. The highest BCUT2D eigenvalue weighted by Gasteiger charge is 2.41. The molecule has 1 aliphatic heterocycles. The van der Waals surface area contributed by atoms with Gasteiger partial charge in [-0.2, -0.15) is 0 Å². The van der Waals surface area contributed by atoms with E-state index in [2.05, 4.69) is 0 Å². The molecule has 2 aliphatic rings. The van der Waals surface area contributed by atoms with E-state index in [1.54, 1.807) is 0 Å². The summed E-state index contributed by atoms with van der Waals surface area (Å²) in [7, 11) is 0. The molecule has 1 unspecified atom stereocenters. The first-order valence-corrected chi connectivity index (χ1v) is 4.72. The molecule has 72 valence electrons. The van der Waals surface area contributed by atoms with Gasteiger partial charge in [-0.15, -0.1) is 12.4 Å². The zero-order valence-corrected chi connectivity index (χ0v) is 8.24. The Labute approximate surface area is 80.3 Å². The van der Waals surface area contributed by atoms with Gasteiger partial charge in [-0.1, -0.05) is 0 Å². The van der Waals surface area contributed by atoms with Crippen LogP contribution in [0.5, 0.6) is 0 Å². The normalized spacial score (nSPS) is 33.2. The number of halogens is 1. The van der Waals surface area contributed by atoms with Gasteiger partial charge in [0.05, 0.1) is 6.10 Å². The smallest absolute Gasteiger partial charge is 0.0754 e. The lowest BCUT2D eigenvalue weighted by Gasteiger charge is -2.45. The van der Waals surface area contributed by atoms with Crippen molar-refractivity contribution in [1.29, 1.82) is 0 Å². The summed E-state index contributed by atoms with van der Waals surface area (Å²) in [5, 5.41) is 0. The second-order valence-corrected chi connectivity index (χ2v) is 3.94. The molecular formula is C9H18ClNO. The fourth-order valence-corrected chi connectivity index (χ4v) is 2.10. The van der Waals surface area contributed by atoms with Crippen molar-refractivity contribution in [2.75, 3.05) is 6.61 Å². The Balaban J connectivity index is 0.000000720. The van der Waals surface area contributed by atoms with E-state index < -0.39 is 0 Å². The summed E-state index contributed by atoms with van der Waals surface area (Å²) in [5.41, 5.74) is 6.22. The molecule has 1 atom stereocenters. The fourth-order valence-electron chi connectivity index (χ4n) is 2.10. The van der Waals surface area contributed by atoms with Crippen LogP contribution in [-0.2, 0) is 4.74 Å². The minimum absolute atomic E-state index is 0. The summed E-state index contributed by atoms with van der Waals surface area (Å²) >= 11 is 0. The van der Waals surface area contributed by atoms with E-state index in [1.807, 2.05) is 0 Å². The van der Waals surface area contributed by atoms with Crippen LogP contribution < -0.4 is 5.73 Å². The van der Waals surface area contributed by atoms with E-state index in [-0.39, 0.29) is 17.9 Å². The molecule has 0 spiro atoms. The van der Waals surface area contributed by atoms with Crippen LogP contribution in [0.15, 0.2) is 0 Å². The Morgan fingerprint density at radius 2 is 1.92 bits per heavy atom. The largest absolute Gasteiger partial charge is 0.376 e. The first kappa shape index (κ1) is 10.3. The van der Waals surface area contributed by atoms with Gasteiger partial charge in [-0.25, -0.2) is 0 Å². The summed E-state index contributed by atoms with van der Waals surface area (Å²) in [6, 6.07) is 0. The second kappa shape index (κ2) is 3.95. The van der Waals surface area contributed by atoms with Gasteiger partial charge in [-0.05, 0) is 38.5 Å². The molecule has 2 fully saturated rings. The van der Waals surface area contributed by atoms with Crippen molar-refractivity contribution in [3.05, 3.63) is 0 Å². The van der Waals surface area contributed by atoms with Gasteiger partial charge >= 0.3 is 0 Å². The van der Waals surface area contributed by atoms with E-state index in [1.165, 1.54) is 38.5 Å². The van der Waals surface area contributed by atoms with E-state index in [9.17, 15) is 0 Å². The molecule has 2 rings (SSSR count). The summed E-state index contributed by atoms with van der Waals surface area (Å²) < 4.78 is 5.66. The van der Waals surface area contributed by atoms with Gasteiger partial charge in [0.15, 0.2) is 0 Å². The topological polar surface area (TPSA) is 35.2 Å². The minimum Gasteiger partial charge on any atom is -0.376 e. The van der Waals surface area contributed by atoms with E-state index in [0.29, 0.717) is 6.10 Å². The maximum Gasteiger partial charge on any atom is 0.0754 e. The molecule has 1 saturated heterocycles. The number of hydrogen-bond donors (Lipinski definition) is 1. The van der Waals surface area contributed by atoms with Crippen LogP contribution >= 0.6 is 12.4 Å². The van der Waals surface area contributed by atoms with Crippen molar-refractivity contribution in [3.8, 4) is 0 Å². The standard InChI is InChI=1S/C9H17NO.ClH/c10-9(5-3-6-9)8-4-1-2-7-11-8;/h8H,1-7,10H2;1H. The predicted molar refractivity (Wildman–Crippen MR) is 51.6 cm³/mol. The van der Waals surface area contributed by atoms with Gasteiger partial charge in [0, 0.05) is 12.1 Å². The fraction of sp³-hybridized carbons (Fsp3) is 1.00. The highest BCUT2D eigenvalue weighted by molar-refractivity contribution is 5.85. The first-order chi connectivity index (χ1) is 5.31. The Morgan fingerprint density at radius 3 is 2.33 bits per heavy atom. The molecule has 0 aromatic heterocycles. The maximum absolute atomic E-state index is 6.15. The van der Waals surface area contributed by atoms with Gasteiger partial charge < -0.3 is 10.5 Å². The third-order valence-electron chi connectivity index (χ3n) is 3.11. The van der Waals surface area contributed by atoms with Crippen LogP contribution in [0.25, 0.3) is 0 Å². The quantitative estimate of drug-likeness (QED) is 0.687. The van der Waals surface area contributed by atoms with Gasteiger partial charge in [-0.3, -0.25) is 0 Å². The van der Waals surface area contributed by atoms with Crippen molar-refractivity contribution in [3.63, 3.8) is 0 Å². The van der Waals surface area contributed by atoms with Crippen molar-refractivity contribution in [2.24, 2.45) is 5.73 Å². The third-order valence-corrected chi connectivity index (χ3v) is 3.11.